The Kier molecular flexibility index (Phi) is 5.37. The molecule has 4 rings (SSSR count). The highest BCUT2D eigenvalue weighted by Gasteiger charge is 2.51. The van der Waals surface area contributed by atoms with Crippen LogP contribution in [0.25, 0.3) is 0 Å². The first-order chi connectivity index (χ1) is 13.8. The van der Waals surface area contributed by atoms with Gasteiger partial charge in [0.25, 0.3) is 5.91 Å². The van der Waals surface area contributed by atoms with Crippen LogP contribution < -0.4 is 0 Å². The lowest BCUT2D eigenvalue weighted by atomic mass is 10.00. The lowest BCUT2D eigenvalue weighted by molar-refractivity contribution is -0.0857. The van der Waals surface area contributed by atoms with Crippen molar-refractivity contribution in [3.05, 3.63) is 64.9 Å². The van der Waals surface area contributed by atoms with Crippen molar-refractivity contribution >= 4 is 27.5 Å². The van der Waals surface area contributed by atoms with E-state index in [1.807, 2.05) is 0 Å². The van der Waals surface area contributed by atoms with Crippen LogP contribution >= 0.6 is 11.6 Å². The summed E-state index contributed by atoms with van der Waals surface area (Å²) >= 11 is 5.87. The number of hydrogen-bond donors (Lipinski definition) is 0. The molecule has 0 bridgehead atoms. The molecule has 1 amide bonds. The molecule has 0 atom stereocenters. The van der Waals surface area contributed by atoms with Gasteiger partial charge in [-0.05, 0) is 36.4 Å². The molecule has 0 radical (unpaired) electrons. The molecule has 6 nitrogen and oxygen atoms in total. The molecular formula is C20H20ClFN2O4S. The van der Waals surface area contributed by atoms with Crippen LogP contribution in [0.1, 0.15) is 23.2 Å². The van der Waals surface area contributed by atoms with Crippen molar-refractivity contribution < 1.29 is 22.3 Å². The fraction of sp³-hybridized carbons (Fsp3) is 0.350. The maximum Gasteiger partial charge on any atom is 0.256 e. The van der Waals surface area contributed by atoms with Crippen LogP contribution in [-0.2, 0) is 14.8 Å². The third-order valence-corrected chi connectivity index (χ3v) is 7.67. The third-order valence-electron chi connectivity index (χ3n) is 5.46. The second-order valence-electron chi connectivity index (χ2n) is 7.10. The molecule has 0 saturated carbocycles. The SMILES string of the molecule is O=C(c1ccccc1F)N1CCC2(CC1)OCCN2S(=O)(=O)c1ccc(Cl)cc1. The highest BCUT2D eigenvalue weighted by Crippen LogP contribution is 2.38. The van der Waals surface area contributed by atoms with E-state index in [1.165, 1.54) is 46.8 Å². The highest BCUT2D eigenvalue weighted by atomic mass is 35.5. The molecule has 2 aromatic carbocycles. The van der Waals surface area contributed by atoms with E-state index in [2.05, 4.69) is 0 Å². The van der Waals surface area contributed by atoms with Gasteiger partial charge < -0.3 is 9.64 Å². The Morgan fingerprint density at radius 1 is 1.03 bits per heavy atom. The molecule has 1 spiro atoms. The molecule has 2 aliphatic heterocycles. The van der Waals surface area contributed by atoms with E-state index >= 15 is 0 Å². The van der Waals surface area contributed by atoms with Crippen molar-refractivity contribution in [3.63, 3.8) is 0 Å². The van der Waals surface area contributed by atoms with Crippen molar-refractivity contribution in [1.29, 1.82) is 0 Å². The predicted molar refractivity (Wildman–Crippen MR) is 106 cm³/mol. The number of carbonyl (C=O) groups excluding carboxylic acids is 1. The zero-order valence-electron chi connectivity index (χ0n) is 15.6. The van der Waals surface area contributed by atoms with Gasteiger partial charge in [0.1, 0.15) is 11.5 Å². The number of benzene rings is 2. The molecule has 0 unspecified atom stereocenters. The number of piperidine rings is 1. The Labute approximate surface area is 173 Å². The van der Waals surface area contributed by atoms with E-state index in [4.69, 9.17) is 16.3 Å². The van der Waals surface area contributed by atoms with Gasteiger partial charge in [0.05, 0.1) is 17.1 Å². The van der Waals surface area contributed by atoms with E-state index in [1.54, 1.807) is 11.0 Å². The van der Waals surface area contributed by atoms with E-state index < -0.39 is 27.5 Å². The summed E-state index contributed by atoms with van der Waals surface area (Å²) in [5, 5.41) is 0.455. The molecule has 2 aliphatic rings. The number of sulfonamides is 1. The zero-order valence-corrected chi connectivity index (χ0v) is 17.1. The minimum absolute atomic E-state index is 0.0152. The number of hydrogen-bond acceptors (Lipinski definition) is 4. The molecular weight excluding hydrogens is 419 g/mol. The summed E-state index contributed by atoms with van der Waals surface area (Å²) in [6, 6.07) is 11.9. The van der Waals surface area contributed by atoms with Gasteiger partial charge in [-0.2, -0.15) is 4.31 Å². The largest absolute Gasteiger partial charge is 0.358 e. The van der Waals surface area contributed by atoms with Gasteiger partial charge in [0.15, 0.2) is 0 Å². The number of carbonyl (C=O) groups is 1. The third kappa shape index (κ3) is 3.66. The topological polar surface area (TPSA) is 66.9 Å². The summed E-state index contributed by atoms with van der Waals surface area (Å²) in [6.45, 7) is 1.08. The second kappa shape index (κ2) is 7.68. The monoisotopic (exact) mass is 438 g/mol. The average Bonchev–Trinajstić information content (AvgIpc) is 3.13. The molecule has 2 heterocycles. The first-order valence-electron chi connectivity index (χ1n) is 9.30. The maximum atomic E-state index is 14.0. The second-order valence-corrected chi connectivity index (χ2v) is 9.40. The lowest BCUT2D eigenvalue weighted by Gasteiger charge is -2.42. The number of amides is 1. The highest BCUT2D eigenvalue weighted by molar-refractivity contribution is 7.89. The summed E-state index contributed by atoms with van der Waals surface area (Å²) in [4.78, 5) is 14.3. The normalized spacial score (nSPS) is 19.6. The van der Waals surface area contributed by atoms with Crippen molar-refractivity contribution in [1.82, 2.24) is 9.21 Å². The summed E-state index contributed by atoms with van der Waals surface area (Å²) in [5.41, 5.74) is -0.980. The summed E-state index contributed by atoms with van der Waals surface area (Å²) in [5.74, 6) is -0.968. The van der Waals surface area contributed by atoms with Gasteiger partial charge in [-0.25, -0.2) is 12.8 Å². The molecule has 2 aromatic rings. The van der Waals surface area contributed by atoms with E-state index in [0.29, 0.717) is 17.9 Å². The number of rotatable bonds is 3. The molecule has 0 aromatic heterocycles. The summed E-state index contributed by atoms with van der Waals surface area (Å²) < 4.78 is 47.6. The van der Waals surface area contributed by atoms with Gasteiger partial charge in [0, 0.05) is 37.5 Å². The van der Waals surface area contributed by atoms with Gasteiger partial charge >= 0.3 is 0 Å². The Hall–Kier alpha value is -2.00. The molecule has 2 saturated heterocycles. The molecule has 0 aliphatic carbocycles. The Morgan fingerprint density at radius 2 is 1.69 bits per heavy atom. The van der Waals surface area contributed by atoms with Gasteiger partial charge in [-0.15, -0.1) is 0 Å². The summed E-state index contributed by atoms with van der Waals surface area (Å²) in [7, 11) is -3.77. The standard InChI is InChI=1S/C20H20ClFN2O4S/c21-15-5-7-16(8-6-15)29(26,27)24-13-14-28-20(24)9-11-23(12-10-20)19(25)17-3-1-2-4-18(17)22/h1-8H,9-14H2. The lowest BCUT2D eigenvalue weighted by Crippen LogP contribution is -2.55. The first kappa shape index (κ1) is 20.3. The van der Waals surface area contributed by atoms with Crippen molar-refractivity contribution in [2.75, 3.05) is 26.2 Å². The Balaban J connectivity index is 1.53. The van der Waals surface area contributed by atoms with Crippen LogP contribution in [0.3, 0.4) is 0 Å². The van der Waals surface area contributed by atoms with Crippen molar-refractivity contribution in [2.24, 2.45) is 0 Å². The smallest absolute Gasteiger partial charge is 0.256 e. The fourth-order valence-corrected chi connectivity index (χ4v) is 5.77. The molecule has 0 N–H and O–H groups in total. The van der Waals surface area contributed by atoms with E-state index in [0.717, 1.165) is 0 Å². The first-order valence-corrected chi connectivity index (χ1v) is 11.1. The van der Waals surface area contributed by atoms with E-state index in [9.17, 15) is 17.6 Å². The Morgan fingerprint density at radius 3 is 2.34 bits per heavy atom. The van der Waals surface area contributed by atoms with Crippen LogP contribution in [0.5, 0.6) is 0 Å². The van der Waals surface area contributed by atoms with Crippen LogP contribution in [0, 0.1) is 5.82 Å². The number of ether oxygens (including phenoxy) is 1. The number of nitrogens with zero attached hydrogens (tertiary/aromatic N) is 2. The molecule has 9 heteroatoms. The van der Waals surface area contributed by atoms with Crippen LogP contribution in [0.15, 0.2) is 53.4 Å². The molecule has 29 heavy (non-hydrogen) atoms. The quantitative estimate of drug-likeness (QED) is 0.738. The Bertz CT molecular complexity index is 1020. The fourth-order valence-electron chi connectivity index (χ4n) is 3.93. The van der Waals surface area contributed by atoms with Gasteiger partial charge in [-0.3, -0.25) is 4.79 Å². The predicted octanol–water partition coefficient (Wildman–Crippen LogP) is 3.13. The van der Waals surface area contributed by atoms with Crippen molar-refractivity contribution in [3.8, 4) is 0 Å². The average molecular weight is 439 g/mol. The number of halogens is 2. The van der Waals surface area contributed by atoms with Gasteiger partial charge in [0.2, 0.25) is 10.0 Å². The van der Waals surface area contributed by atoms with Crippen molar-refractivity contribution in [2.45, 2.75) is 23.5 Å². The van der Waals surface area contributed by atoms with Crippen LogP contribution in [0.4, 0.5) is 4.39 Å². The minimum atomic E-state index is -3.77. The molecule has 2 fully saturated rings. The zero-order chi connectivity index (χ0) is 20.6. The molecule has 154 valence electrons. The maximum absolute atomic E-state index is 14.0. The minimum Gasteiger partial charge on any atom is -0.358 e. The van der Waals surface area contributed by atoms with Gasteiger partial charge in [-0.1, -0.05) is 23.7 Å². The van der Waals surface area contributed by atoms with E-state index in [-0.39, 0.29) is 36.7 Å². The summed E-state index contributed by atoms with van der Waals surface area (Å²) in [6.07, 6.45) is 0.639. The van der Waals surface area contributed by atoms with Crippen LogP contribution in [-0.4, -0.2) is 55.5 Å². The number of likely N-dealkylation sites (tertiary alicyclic amines) is 1. The van der Waals surface area contributed by atoms with Crippen LogP contribution in [0.2, 0.25) is 5.02 Å².